The molecule has 166 valence electrons. The quantitative estimate of drug-likeness (QED) is 0.380. The molecule has 1 unspecified atom stereocenters. The van der Waals surface area contributed by atoms with Crippen molar-refractivity contribution in [2.24, 2.45) is 0 Å². The van der Waals surface area contributed by atoms with Crippen LogP contribution < -0.4 is 10.4 Å². The van der Waals surface area contributed by atoms with Crippen LogP contribution in [0.5, 0.6) is 5.75 Å². The van der Waals surface area contributed by atoms with Gasteiger partial charge in [-0.25, -0.2) is 9.18 Å². The van der Waals surface area contributed by atoms with Crippen LogP contribution in [0.4, 0.5) is 4.39 Å². The second-order valence-electron chi connectivity index (χ2n) is 7.76. The molecule has 7 nitrogen and oxygen atoms in total. The fourth-order valence-corrected chi connectivity index (χ4v) is 4.38. The van der Waals surface area contributed by atoms with Gasteiger partial charge in [0.15, 0.2) is 5.78 Å². The Kier molecular flexibility index (Phi) is 5.92. The molecule has 2 heterocycles. The van der Waals surface area contributed by atoms with Gasteiger partial charge in [0.25, 0.3) is 0 Å². The van der Waals surface area contributed by atoms with Crippen molar-refractivity contribution in [2.75, 3.05) is 0 Å². The lowest BCUT2D eigenvalue weighted by Crippen LogP contribution is -2.24. The number of hydrogen-bond acceptors (Lipinski definition) is 6. The fourth-order valence-electron chi connectivity index (χ4n) is 3.67. The van der Waals surface area contributed by atoms with Crippen LogP contribution in [-0.2, 0) is 6.42 Å². The van der Waals surface area contributed by atoms with Crippen molar-refractivity contribution in [3.63, 3.8) is 0 Å². The number of carbonyl (C=O) groups is 1. The Bertz CT molecular complexity index is 1350. The van der Waals surface area contributed by atoms with Crippen molar-refractivity contribution < 1.29 is 13.9 Å². The SMILES string of the molecule is Cc1nnc(CC(=O)c2ccc3c(c2)n(C(C)C)c(=O)n3-c2cccc(OC(C)F)c2)s1. The van der Waals surface area contributed by atoms with Gasteiger partial charge in [-0.15, -0.1) is 21.5 Å². The first kappa shape index (κ1) is 21.9. The summed E-state index contributed by atoms with van der Waals surface area (Å²) in [7, 11) is 0. The van der Waals surface area contributed by atoms with Crippen LogP contribution in [0.2, 0.25) is 0 Å². The molecular formula is C23H23FN4O3S. The Morgan fingerprint density at radius 1 is 1.12 bits per heavy atom. The average Bonchev–Trinajstić information content (AvgIpc) is 3.26. The summed E-state index contributed by atoms with van der Waals surface area (Å²) in [5.41, 5.74) is 2.11. The summed E-state index contributed by atoms with van der Waals surface area (Å²) in [4.78, 5) is 26.2. The molecule has 0 aliphatic heterocycles. The van der Waals surface area contributed by atoms with Gasteiger partial charge in [0, 0.05) is 24.6 Å². The smallest absolute Gasteiger partial charge is 0.333 e. The molecule has 0 saturated heterocycles. The number of rotatable bonds is 7. The van der Waals surface area contributed by atoms with Gasteiger partial charge in [-0.2, -0.15) is 0 Å². The molecule has 0 amide bonds. The van der Waals surface area contributed by atoms with Crippen molar-refractivity contribution in [3.05, 3.63) is 68.5 Å². The Balaban J connectivity index is 1.81. The van der Waals surface area contributed by atoms with E-state index in [4.69, 9.17) is 4.74 Å². The second-order valence-corrected chi connectivity index (χ2v) is 9.02. The van der Waals surface area contributed by atoms with E-state index in [1.165, 1.54) is 18.3 Å². The summed E-state index contributed by atoms with van der Waals surface area (Å²) in [5, 5.41) is 9.45. The van der Waals surface area contributed by atoms with Crippen LogP contribution in [0.3, 0.4) is 0 Å². The number of carbonyl (C=O) groups excluding carboxylic acids is 1. The molecule has 0 aliphatic rings. The third-order valence-electron chi connectivity index (χ3n) is 4.97. The number of halogens is 1. The van der Waals surface area contributed by atoms with Gasteiger partial charge in [-0.05, 0) is 51.1 Å². The molecule has 0 aliphatic carbocycles. The molecule has 2 aromatic heterocycles. The van der Waals surface area contributed by atoms with E-state index in [0.29, 0.717) is 33.0 Å². The number of ketones is 1. The molecule has 0 saturated carbocycles. The molecule has 0 fully saturated rings. The molecule has 4 rings (SSSR count). The van der Waals surface area contributed by atoms with E-state index in [1.54, 1.807) is 51.6 Å². The van der Waals surface area contributed by atoms with Crippen LogP contribution in [0.25, 0.3) is 16.7 Å². The van der Waals surface area contributed by atoms with Gasteiger partial charge in [-0.3, -0.25) is 13.9 Å². The first-order valence-corrected chi connectivity index (χ1v) is 11.1. The largest absolute Gasteiger partial charge is 0.461 e. The van der Waals surface area contributed by atoms with Crippen LogP contribution in [-0.4, -0.2) is 31.5 Å². The third-order valence-corrected chi connectivity index (χ3v) is 5.80. The average molecular weight is 455 g/mol. The predicted octanol–water partition coefficient (Wildman–Crippen LogP) is 4.65. The zero-order chi connectivity index (χ0) is 23.0. The van der Waals surface area contributed by atoms with E-state index < -0.39 is 6.36 Å². The van der Waals surface area contributed by atoms with E-state index in [1.807, 2.05) is 20.8 Å². The summed E-state index contributed by atoms with van der Waals surface area (Å²) < 4.78 is 21.6. The maximum atomic E-state index is 13.3. The van der Waals surface area contributed by atoms with Crippen molar-refractivity contribution in [3.8, 4) is 11.4 Å². The lowest BCUT2D eigenvalue weighted by atomic mass is 10.1. The normalized spacial score (nSPS) is 12.4. The number of benzene rings is 2. The molecule has 2 aromatic carbocycles. The van der Waals surface area contributed by atoms with Gasteiger partial charge >= 0.3 is 5.69 Å². The van der Waals surface area contributed by atoms with Gasteiger partial charge in [0.2, 0.25) is 6.36 Å². The van der Waals surface area contributed by atoms with E-state index in [0.717, 1.165) is 5.01 Å². The number of fused-ring (bicyclic) bond motifs is 1. The van der Waals surface area contributed by atoms with Crippen LogP contribution >= 0.6 is 11.3 Å². The molecule has 0 N–H and O–H groups in total. The summed E-state index contributed by atoms with van der Waals surface area (Å²) in [6.07, 6.45) is -1.31. The molecular weight excluding hydrogens is 431 g/mol. The molecule has 0 bridgehead atoms. The predicted molar refractivity (Wildman–Crippen MR) is 122 cm³/mol. The maximum Gasteiger partial charge on any atom is 0.333 e. The highest BCUT2D eigenvalue weighted by molar-refractivity contribution is 7.11. The summed E-state index contributed by atoms with van der Waals surface area (Å²) in [6.45, 7) is 6.96. The first-order valence-electron chi connectivity index (χ1n) is 10.2. The van der Waals surface area contributed by atoms with Gasteiger partial charge in [-0.1, -0.05) is 6.07 Å². The molecule has 1 atom stereocenters. The minimum atomic E-state index is -1.47. The van der Waals surface area contributed by atoms with Gasteiger partial charge in [0.1, 0.15) is 15.8 Å². The van der Waals surface area contributed by atoms with E-state index in [-0.39, 0.29) is 23.9 Å². The topological polar surface area (TPSA) is 79.0 Å². The number of nitrogens with zero attached hydrogens (tertiary/aromatic N) is 4. The third kappa shape index (κ3) is 4.20. The minimum Gasteiger partial charge on any atom is -0.461 e. The summed E-state index contributed by atoms with van der Waals surface area (Å²) in [5.74, 6) is 0.236. The van der Waals surface area contributed by atoms with E-state index in [9.17, 15) is 14.0 Å². The van der Waals surface area contributed by atoms with Crippen molar-refractivity contribution >= 4 is 28.2 Å². The zero-order valence-corrected chi connectivity index (χ0v) is 19.0. The molecule has 32 heavy (non-hydrogen) atoms. The minimum absolute atomic E-state index is 0.0918. The Labute approximate surface area is 188 Å². The highest BCUT2D eigenvalue weighted by atomic mass is 32.1. The number of aryl methyl sites for hydroxylation is 1. The number of hydrogen-bond donors (Lipinski definition) is 0. The number of alkyl halides is 1. The monoisotopic (exact) mass is 454 g/mol. The van der Waals surface area contributed by atoms with E-state index >= 15 is 0 Å². The fraction of sp³-hybridized carbons (Fsp3) is 0.304. The first-order chi connectivity index (χ1) is 15.2. The van der Waals surface area contributed by atoms with E-state index in [2.05, 4.69) is 10.2 Å². The van der Waals surface area contributed by atoms with Crippen molar-refractivity contribution in [1.29, 1.82) is 0 Å². The van der Waals surface area contributed by atoms with Crippen molar-refractivity contribution in [2.45, 2.75) is 46.5 Å². The van der Waals surface area contributed by atoms with Gasteiger partial charge < -0.3 is 4.74 Å². The highest BCUT2D eigenvalue weighted by Gasteiger charge is 2.19. The molecule has 4 aromatic rings. The Morgan fingerprint density at radius 3 is 2.56 bits per heavy atom. The Hall–Kier alpha value is -3.33. The molecule has 9 heteroatoms. The molecule has 0 spiro atoms. The number of imidazole rings is 1. The Morgan fingerprint density at radius 2 is 1.91 bits per heavy atom. The van der Waals surface area contributed by atoms with Gasteiger partial charge in [0.05, 0.1) is 23.1 Å². The van der Waals surface area contributed by atoms with Crippen LogP contribution in [0, 0.1) is 6.92 Å². The lowest BCUT2D eigenvalue weighted by molar-refractivity contribution is 0.0860. The molecule has 0 radical (unpaired) electrons. The highest BCUT2D eigenvalue weighted by Crippen LogP contribution is 2.25. The number of Topliss-reactive ketones (excluding diaryl/α,β-unsaturated/α-hetero) is 1. The second kappa shape index (κ2) is 8.66. The number of ether oxygens (including phenoxy) is 1. The van der Waals surface area contributed by atoms with Crippen LogP contribution in [0.1, 0.15) is 47.2 Å². The lowest BCUT2D eigenvalue weighted by Gasteiger charge is -2.09. The number of aromatic nitrogens is 4. The summed E-state index contributed by atoms with van der Waals surface area (Å²) >= 11 is 1.39. The standard InChI is InChI=1S/C23H23FN4O3S/c1-13(2)27-20-10-16(21(29)12-22-26-25-15(4)32-22)8-9-19(20)28(23(27)30)17-6-5-7-18(11-17)31-14(3)24/h5-11,13-14H,12H2,1-4H3. The maximum absolute atomic E-state index is 13.3. The van der Waals surface area contributed by atoms with Crippen molar-refractivity contribution in [1.82, 2.24) is 19.3 Å². The van der Waals surface area contributed by atoms with Crippen LogP contribution in [0.15, 0.2) is 47.3 Å². The summed E-state index contributed by atoms with van der Waals surface area (Å²) in [6, 6.07) is 11.8. The zero-order valence-electron chi connectivity index (χ0n) is 18.2.